The maximum Gasteiger partial charge on any atom is 0.415 e. The van der Waals surface area contributed by atoms with Gasteiger partial charge in [0.25, 0.3) is 0 Å². The first-order valence-corrected chi connectivity index (χ1v) is 8.11. The average molecular weight is 340 g/mol. The van der Waals surface area contributed by atoms with Gasteiger partial charge in [0.2, 0.25) is 18.3 Å². The number of ether oxygens (including phenoxy) is 1. The number of pyridine rings is 1. The van der Waals surface area contributed by atoms with Crippen molar-refractivity contribution in [2.75, 3.05) is 11.4 Å². The highest BCUT2D eigenvalue weighted by Crippen LogP contribution is 2.40. The number of hydrogen-bond donors (Lipinski definition) is 2. The number of amides is 2. The predicted octanol–water partition coefficient (Wildman–Crippen LogP) is 1.26. The lowest BCUT2D eigenvalue weighted by atomic mass is 10.0. The maximum absolute atomic E-state index is 12.2. The molecule has 1 aromatic heterocycles. The summed E-state index contributed by atoms with van der Waals surface area (Å²) in [5, 5.41) is 12.3. The van der Waals surface area contributed by atoms with Crippen LogP contribution >= 0.6 is 0 Å². The number of cyclic esters (lactones) is 1. The molecule has 1 aromatic carbocycles. The van der Waals surface area contributed by atoms with E-state index >= 15 is 0 Å². The molecule has 0 radical (unpaired) electrons. The standard InChI is InChI=1S/C18H17N3O4/c1-11(22)19-9-17-16-8-14-7-12(13-3-2-6-20(24)10-13)4-5-15(14)21(16)18(23)25-17/h2-7,10,16-17H,8-9H2,1H3,(H-,19,22,24)/p+1/t16-,17-/m0/s1. The highest BCUT2D eigenvalue weighted by Gasteiger charge is 2.47. The van der Waals surface area contributed by atoms with Crippen LogP contribution in [-0.4, -0.2) is 35.9 Å². The fourth-order valence-corrected chi connectivity index (χ4v) is 3.51. The Balaban J connectivity index is 1.62. The molecule has 0 aliphatic carbocycles. The molecule has 1 saturated heterocycles. The minimum atomic E-state index is -0.375. The van der Waals surface area contributed by atoms with Crippen LogP contribution in [0.1, 0.15) is 12.5 Å². The minimum absolute atomic E-state index is 0.108. The number of fused-ring (bicyclic) bond motifs is 3. The average Bonchev–Trinajstić information content (AvgIpc) is 3.10. The lowest BCUT2D eigenvalue weighted by Crippen LogP contribution is -2.40. The summed E-state index contributed by atoms with van der Waals surface area (Å²) in [5.74, 6) is -0.145. The van der Waals surface area contributed by atoms with Crippen LogP contribution < -0.4 is 14.9 Å². The van der Waals surface area contributed by atoms with Gasteiger partial charge in [0.15, 0.2) is 0 Å². The summed E-state index contributed by atoms with van der Waals surface area (Å²) in [4.78, 5) is 25.0. The normalized spacial score (nSPS) is 20.8. The molecule has 3 heterocycles. The zero-order valence-corrected chi connectivity index (χ0v) is 13.7. The summed E-state index contributed by atoms with van der Waals surface area (Å²) in [7, 11) is 0. The molecule has 2 aromatic rings. The number of carbonyl (C=O) groups excluding carboxylic acids is 2. The smallest absolute Gasteiger partial charge is 0.415 e. The summed E-state index contributed by atoms with van der Waals surface area (Å²) >= 11 is 0. The second kappa shape index (κ2) is 5.77. The second-order valence-corrected chi connectivity index (χ2v) is 6.32. The molecule has 2 aliphatic rings. The molecule has 128 valence electrons. The molecule has 2 atom stereocenters. The first kappa shape index (κ1) is 15.4. The summed E-state index contributed by atoms with van der Waals surface area (Å²) < 4.78 is 6.42. The fraction of sp³-hybridized carbons (Fsp3) is 0.278. The predicted molar refractivity (Wildman–Crippen MR) is 88.2 cm³/mol. The van der Waals surface area contributed by atoms with Crippen molar-refractivity contribution in [1.82, 2.24) is 5.32 Å². The van der Waals surface area contributed by atoms with Gasteiger partial charge in [-0.15, -0.1) is 0 Å². The Kier molecular flexibility index (Phi) is 3.56. The summed E-state index contributed by atoms with van der Waals surface area (Å²) in [6.45, 7) is 1.75. The molecule has 7 nitrogen and oxygen atoms in total. The van der Waals surface area contributed by atoms with Crippen molar-refractivity contribution in [3.05, 3.63) is 48.3 Å². The van der Waals surface area contributed by atoms with Gasteiger partial charge in [-0.3, -0.25) is 14.9 Å². The van der Waals surface area contributed by atoms with Gasteiger partial charge in [-0.05, 0) is 35.7 Å². The molecule has 2 N–H and O–H groups in total. The second-order valence-electron chi connectivity index (χ2n) is 6.32. The number of hydrogen-bond acceptors (Lipinski definition) is 4. The van der Waals surface area contributed by atoms with E-state index in [1.807, 2.05) is 24.3 Å². The van der Waals surface area contributed by atoms with Crippen molar-refractivity contribution >= 4 is 17.7 Å². The number of anilines is 1. The monoisotopic (exact) mass is 340 g/mol. The topological polar surface area (TPSA) is 82.8 Å². The Hall–Kier alpha value is -3.09. The summed E-state index contributed by atoms with van der Waals surface area (Å²) in [6, 6.07) is 9.43. The Labute approximate surface area is 144 Å². The lowest BCUT2D eigenvalue weighted by Gasteiger charge is -2.16. The van der Waals surface area contributed by atoms with E-state index in [9.17, 15) is 14.8 Å². The molecule has 2 aliphatic heterocycles. The molecule has 0 saturated carbocycles. The molecule has 1 fully saturated rings. The molecule has 2 amide bonds. The van der Waals surface area contributed by atoms with E-state index < -0.39 is 0 Å². The molecule has 0 spiro atoms. The largest absolute Gasteiger partial charge is 0.442 e. The van der Waals surface area contributed by atoms with Crippen LogP contribution in [0.25, 0.3) is 11.1 Å². The lowest BCUT2D eigenvalue weighted by molar-refractivity contribution is -0.904. The number of benzene rings is 1. The zero-order valence-electron chi connectivity index (χ0n) is 13.7. The highest BCUT2D eigenvalue weighted by molar-refractivity contribution is 5.94. The third-order valence-electron chi connectivity index (χ3n) is 4.65. The van der Waals surface area contributed by atoms with Crippen LogP contribution in [0, 0.1) is 0 Å². The quantitative estimate of drug-likeness (QED) is 0.651. The van der Waals surface area contributed by atoms with Crippen LogP contribution in [0.5, 0.6) is 0 Å². The Bertz CT molecular complexity index is 867. The third-order valence-corrected chi connectivity index (χ3v) is 4.65. The number of rotatable bonds is 3. The van der Waals surface area contributed by atoms with Crippen LogP contribution in [0.4, 0.5) is 10.5 Å². The van der Waals surface area contributed by atoms with Gasteiger partial charge < -0.3 is 10.1 Å². The van der Waals surface area contributed by atoms with Gasteiger partial charge in [0.1, 0.15) is 6.10 Å². The minimum Gasteiger partial charge on any atom is -0.442 e. The van der Waals surface area contributed by atoms with E-state index in [0.717, 1.165) is 27.1 Å². The van der Waals surface area contributed by atoms with E-state index in [1.54, 1.807) is 23.4 Å². The van der Waals surface area contributed by atoms with Gasteiger partial charge in [0, 0.05) is 17.7 Å². The van der Waals surface area contributed by atoms with Crippen LogP contribution in [0.15, 0.2) is 42.7 Å². The summed E-state index contributed by atoms with van der Waals surface area (Å²) in [6.07, 6.45) is 3.12. The number of carbonyl (C=O) groups is 2. The van der Waals surface area contributed by atoms with Crippen LogP contribution in [0.2, 0.25) is 0 Å². The summed E-state index contributed by atoms with van der Waals surface area (Å²) in [5.41, 5.74) is 3.75. The van der Waals surface area contributed by atoms with E-state index in [1.165, 1.54) is 6.92 Å². The molecule has 0 bridgehead atoms. The fourth-order valence-electron chi connectivity index (χ4n) is 3.51. The van der Waals surface area contributed by atoms with Gasteiger partial charge in [0.05, 0.1) is 23.8 Å². The van der Waals surface area contributed by atoms with Gasteiger partial charge in [-0.2, -0.15) is 0 Å². The Morgan fingerprint density at radius 1 is 1.40 bits per heavy atom. The van der Waals surface area contributed by atoms with Gasteiger partial charge in [-0.1, -0.05) is 6.07 Å². The highest BCUT2D eigenvalue weighted by atomic mass is 16.6. The number of nitrogens with zero attached hydrogens (tertiary/aromatic N) is 2. The van der Waals surface area contributed by atoms with E-state index in [-0.39, 0.29) is 24.1 Å². The molecule has 4 rings (SSSR count). The van der Waals surface area contributed by atoms with Crippen molar-refractivity contribution in [2.24, 2.45) is 0 Å². The molecule has 7 heteroatoms. The van der Waals surface area contributed by atoms with Crippen molar-refractivity contribution in [3.63, 3.8) is 0 Å². The molecule has 0 unspecified atom stereocenters. The first-order valence-electron chi connectivity index (χ1n) is 8.11. The van der Waals surface area contributed by atoms with Crippen molar-refractivity contribution in [1.29, 1.82) is 0 Å². The van der Waals surface area contributed by atoms with Gasteiger partial charge >= 0.3 is 6.09 Å². The zero-order chi connectivity index (χ0) is 17.6. The SMILES string of the molecule is CC(=O)NC[C@@H]1OC(=O)N2c3ccc(-c4ccc[n+](O)c4)cc3C[C@@H]12. The van der Waals surface area contributed by atoms with Crippen molar-refractivity contribution < 1.29 is 24.3 Å². The third kappa shape index (κ3) is 2.67. The maximum atomic E-state index is 12.2. The molecule has 25 heavy (non-hydrogen) atoms. The van der Waals surface area contributed by atoms with Crippen molar-refractivity contribution in [2.45, 2.75) is 25.5 Å². The van der Waals surface area contributed by atoms with E-state index in [0.29, 0.717) is 13.0 Å². The number of nitrogens with one attached hydrogen (secondary N) is 1. The van der Waals surface area contributed by atoms with Crippen molar-refractivity contribution in [3.8, 4) is 11.1 Å². The Morgan fingerprint density at radius 3 is 3.00 bits per heavy atom. The van der Waals surface area contributed by atoms with Crippen LogP contribution in [0.3, 0.4) is 0 Å². The Morgan fingerprint density at radius 2 is 2.24 bits per heavy atom. The van der Waals surface area contributed by atoms with E-state index in [4.69, 9.17) is 4.74 Å². The van der Waals surface area contributed by atoms with Crippen LogP contribution in [-0.2, 0) is 16.0 Å². The number of aromatic nitrogens is 1. The van der Waals surface area contributed by atoms with E-state index in [2.05, 4.69) is 5.32 Å². The molecular formula is C18H18N3O4+. The molecular weight excluding hydrogens is 322 g/mol. The van der Waals surface area contributed by atoms with Gasteiger partial charge in [-0.25, -0.2) is 4.79 Å². The first-order chi connectivity index (χ1) is 12.0.